The van der Waals surface area contributed by atoms with Crippen LogP contribution in [-0.2, 0) is 10.8 Å². The molecule has 0 saturated carbocycles. The number of ether oxygens (including phenoxy) is 1. The third kappa shape index (κ3) is 4.13. The highest BCUT2D eigenvalue weighted by atomic mass is 16.5. The first-order chi connectivity index (χ1) is 10.2. The summed E-state index contributed by atoms with van der Waals surface area (Å²) in [6, 6.07) is 17.2. The molecule has 1 nitrogen and oxygen atoms in total. The van der Waals surface area contributed by atoms with E-state index in [4.69, 9.17) is 4.74 Å². The van der Waals surface area contributed by atoms with Crippen molar-refractivity contribution in [2.24, 2.45) is 0 Å². The molecule has 0 aliphatic heterocycles. The fourth-order valence-corrected chi connectivity index (χ4v) is 2.40. The molecule has 118 valence electrons. The number of aryl methyl sites for hydroxylation is 1. The third-order valence-electron chi connectivity index (χ3n) is 4.15. The second-order valence-electron chi connectivity index (χ2n) is 7.81. The highest BCUT2D eigenvalue weighted by molar-refractivity contribution is 5.32. The van der Waals surface area contributed by atoms with Gasteiger partial charge in [0.1, 0.15) is 5.75 Å². The van der Waals surface area contributed by atoms with Gasteiger partial charge in [0, 0.05) is 5.41 Å². The van der Waals surface area contributed by atoms with Crippen molar-refractivity contribution in [3.63, 3.8) is 0 Å². The second-order valence-corrected chi connectivity index (χ2v) is 7.81. The van der Waals surface area contributed by atoms with Gasteiger partial charge in [-0.25, -0.2) is 0 Å². The number of hydrogen-bond donors (Lipinski definition) is 0. The van der Waals surface area contributed by atoms with Crippen LogP contribution in [0.5, 0.6) is 5.75 Å². The van der Waals surface area contributed by atoms with Crippen molar-refractivity contribution < 1.29 is 4.74 Å². The molecule has 2 rings (SSSR count). The van der Waals surface area contributed by atoms with Crippen LogP contribution in [0.4, 0.5) is 0 Å². The van der Waals surface area contributed by atoms with Crippen molar-refractivity contribution in [2.75, 3.05) is 6.61 Å². The Bertz CT molecular complexity index is 598. The second kappa shape index (κ2) is 6.16. The predicted molar refractivity (Wildman–Crippen MR) is 94.8 cm³/mol. The van der Waals surface area contributed by atoms with Gasteiger partial charge in [-0.2, -0.15) is 0 Å². The molecule has 0 fully saturated rings. The molecule has 0 spiro atoms. The monoisotopic (exact) mass is 296 g/mol. The van der Waals surface area contributed by atoms with Crippen molar-refractivity contribution in [3.05, 3.63) is 65.2 Å². The lowest BCUT2D eigenvalue weighted by atomic mass is 9.85. The molecular formula is C21H28O. The summed E-state index contributed by atoms with van der Waals surface area (Å²) in [5.41, 5.74) is 4.11. The molecule has 0 amide bonds. The van der Waals surface area contributed by atoms with Crippen LogP contribution >= 0.6 is 0 Å². The molecule has 0 heterocycles. The summed E-state index contributed by atoms with van der Waals surface area (Å²) >= 11 is 0. The van der Waals surface area contributed by atoms with Crippen LogP contribution < -0.4 is 4.74 Å². The summed E-state index contributed by atoms with van der Waals surface area (Å²) < 4.78 is 6.02. The topological polar surface area (TPSA) is 9.23 Å². The van der Waals surface area contributed by atoms with Crippen LogP contribution in [0.3, 0.4) is 0 Å². The maximum atomic E-state index is 6.02. The van der Waals surface area contributed by atoms with Crippen molar-refractivity contribution in [1.82, 2.24) is 0 Å². The minimum atomic E-state index is -0.00357. The van der Waals surface area contributed by atoms with Crippen LogP contribution in [0.2, 0.25) is 0 Å². The molecule has 0 atom stereocenters. The lowest BCUT2D eigenvalue weighted by Crippen LogP contribution is -2.26. The summed E-state index contributed by atoms with van der Waals surface area (Å²) in [4.78, 5) is 0. The van der Waals surface area contributed by atoms with Gasteiger partial charge in [0.25, 0.3) is 0 Å². The van der Waals surface area contributed by atoms with E-state index in [1.165, 1.54) is 16.7 Å². The van der Waals surface area contributed by atoms with Gasteiger partial charge in [0.05, 0.1) is 6.61 Å². The van der Waals surface area contributed by atoms with Gasteiger partial charge in [-0.3, -0.25) is 0 Å². The van der Waals surface area contributed by atoms with E-state index < -0.39 is 0 Å². The van der Waals surface area contributed by atoms with E-state index in [1.54, 1.807) is 0 Å². The maximum Gasteiger partial charge on any atom is 0.119 e. The zero-order valence-electron chi connectivity index (χ0n) is 14.7. The summed E-state index contributed by atoms with van der Waals surface area (Å²) in [6.07, 6.45) is 0. The Kier molecular flexibility index (Phi) is 4.65. The zero-order chi connectivity index (χ0) is 16.4. The normalized spacial score (nSPS) is 12.3. The molecule has 0 unspecified atom stereocenters. The summed E-state index contributed by atoms with van der Waals surface area (Å²) in [6.45, 7) is 13.9. The standard InChI is InChI=1S/C21H28O/c1-16-7-9-18(10-8-16)21(5,6)15-22-19-13-11-17(12-14-19)20(2,3)4/h7-14H,15H2,1-6H3. The molecule has 0 radical (unpaired) electrons. The minimum Gasteiger partial charge on any atom is -0.493 e. The van der Waals surface area contributed by atoms with Crippen LogP contribution in [0.1, 0.15) is 51.3 Å². The first kappa shape index (κ1) is 16.6. The van der Waals surface area contributed by atoms with Gasteiger partial charge in [0.2, 0.25) is 0 Å². The van der Waals surface area contributed by atoms with Gasteiger partial charge < -0.3 is 4.74 Å². The van der Waals surface area contributed by atoms with Crippen molar-refractivity contribution in [1.29, 1.82) is 0 Å². The van der Waals surface area contributed by atoms with E-state index in [9.17, 15) is 0 Å². The molecule has 0 saturated heterocycles. The zero-order valence-corrected chi connectivity index (χ0v) is 14.7. The summed E-state index contributed by atoms with van der Waals surface area (Å²) in [5, 5.41) is 0. The van der Waals surface area contributed by atoms with Crippen molar-refractivity contribution in [3.8, 4) is 5.75 Å². The lowest BCUT2D eigenvalue weighted by Gasteiger charge is -2.26. The quantitative estimate of drug-likeness (QED) is 0.708. The van der Waals surface area contributed by atoms with Crippen LogP contribution in [0, 0.1) is 6.92 Å². The molecule has 0 aliphatic carbocycles. The highest BCUT2D eigenvalue weighted by Gasteiger charge is 2.21. The van der Waals surface area contributed by atoms with E-state index in [1.807, 2.05) is 0 Å². The molecule has 0 N–H and O–H groups in total. The SMILES string of the molecule is Cc1ccc(C(C)(C)COc2ccc(C(C)(C)C)cc2)cc1. The lowest BCUT2D eigenvalue weighted by molar-refractivity contribution is 0.240. The largest absolute Gasteiger partial charge is 0.493 e. The number of benzene rings is 2. The maximum absolute atomic E-state index is 6.02. The van der Waals surface area contributed by atoms with Gasteiger partial charge in [0.15, 0.2) is 0 Å². The molecule has 0 aromatic heterocycles. The molecule has 2 aromatic rings. The summed E-state index contributed by atoms with van der Waals surface area (Å²) in [7, 11) is 0. The average molecular weight is 296 g/mol. The van der Waals surface area contributed by atoms with Crippen LogP contribution in [0.25, 0.3) is 0 Å². The van der Waals surface area contributed by atoms with E-state index in [-0.39, 0.29) is 10.8 Å². The van der Waals surface area contributed by atoms with Crippen LogP contribution in [-0.4, -0.2) is 6.61 Å². The molecule has 1 heteroatoms. The van der Waals surface area contributed by atoms with Gasteiger partial charge >= 0.3 is 0 Å². The average Bonchev–Trinajstić information content (AvgIpc) is 2.45. The van der Waals surface area contributed by atoms with Gasteiger partial charge in [-0.05, 0) is 35.6 Å². The van der Waals surface area contributed by atoms with Crippen molar-refractivity contribution >= 4 is 0 Å². The minimum absolute atomic E-state index is 0.00357. The number of rotatable bonds is 4. The molecule has 22 heavy (non-hydrogen) atoms. The molecule has 0 aliphatic rings. The molecule has 2 aromatic carbocycles. The van der Waals surface area contributed by atoms with Gasteiger partial charge in [-0.1, -0.05) is 76.6 Å². The Morgan fingerprint density at radius 2 is 1.23 bits per heavy atom. The Morgan fingerprint density at radius 1 is 0.727 bits per heavy atom. The summed E-state index contributed by atoms with van der Waals surface area (Å²) in [5.74, 6) is 0.938. The van der Waals surface area contributed by atoms with Crippen LogP contribution in [0.15, 0.2) is 48.5 Å². The fourth-order valence-electron chi connectivity index (χ4n) is 2.40. The Labute approximate surface area is 135 Å². The first-order valence-electron chi connectivity index (χ1n) is 7.99. The Morgan fingerprint density at radius 3 is 1.73 bits per heavy atom. The van der Waals surface area contributed by atoms with E-state index in [2.05, 4.69) is 90.1 Å². The highest BCUT2D eigenvalue weighted by Crippen LogP contribution is 2.27. The first-order valence-corrected chi connectivity index (χ1v) is 7.99. The van der Waals surface area contributed by atoms with Gasteiger partial charge in [-0.15, -0.1) is 0 Å². The molecule has 0 bridgehead atoms. The smallest absolute Gasteiger partial charge is 0.119 e. The van der Waals surface area contributed by atoms with E-state index in [0.717, 1.165) is 5.75 Å². The fraction of sp³-hybridized carbons (Fsp3) is 0.429. The Hall–Kier alpha value is -1.76. The predicted octanol–water partition coefficient (Wildman–Crippen LogP) is 5.65. The van der Waals surface area contributed by atoms with Crippen molar-refractivity contribution in [2.45, 2.75) is 52.4 Å². The molecular weight excluding hydrogens is 268 g/mol. The Balaban J connectivity index is 2.04. The van der Waals surface area contributed by atoms with E-state index >= 15 is 0 Å². The number of hydrogen-bond acceptors (Lipinski definition) is 1. The van der Waals surface area contributed by atoms with E-state index in [0.29, 0.717) is 6.61 Å². The third-order valence-corrected chi connectivity index (χ3v) is 4.15.